The lowest BCUT2D eigenvalue weighted by atomic mass is 9.93. The first-order valence-electron chi connectivity index (χ1n) is 11.0. The van der Waals surface area contributed by atoms with E-state index in [1.165, 1.54) is 19.3 Å². The molecule has 4 heteroatoms. The molecule has 156 valence electrons. The molecule has 3 rings (SSSR count). The van der Waals surface area contributed by atoms with Crippen LogP contribution in [0.5, 0.6) is 5.75 Å². The molecule has 0 saturated heterocycles. The Labute approximate surface area is 175 Å². The van der Waals surface area contributed by atoms with Gasteiger partial charge >= 0.3 is 0 Å². The fourth-order valence-electron chi connectivity index (χ4n) is 3.93. The van der Waals surface area contributed by atoms with Crippen molar-refractivity contribution >= 4 is 11.6 Å². The number of fused-ring (bicyclic) bond motifs is 1. The van der Waals surface area contributed by atoms with Crippen LogP contribution in [0, 0.1) is 0 Å². The number of hydrogen-bond donors (Lipinski definition) is 1. The molecule has 4 nitrogen and oxygen atoms in total. The van der Waals surface area contributed by atoms with Crippen molar-refractivity contribution in [3.8, 4) is 5.75 Å². The van der Waals surface area contributed by atoms with E-state index in [0.717, 1.165) is 55.0 Å². The zero-order valence-corrected chi connectivity index (χ0v) is 18.0. The van der Waals surface area contributed by atoms with Gasteiger partial charge in [0.1, 0.15) is 11.4 Å². The third kappa shape index (κ3) is 4.75. The Morgan fingerprint density at radius 3 is 2.55 bits per heavy atom. The number of hydrogen-bond acceptors (Lipinski definition) is 3. The summed E-state index contributed by atoms with van der Waals surface area (Å²) in [4.78, 5) is 15.3. The molecule has 0 spiro atoms. The predicted molar refractivity (Wildman–Crippen MR) is 119 cm³/mol. The van der Waals surface area contributed by atoms with Crippen LogP contribution >= 0.6 is 0 Å². The summed E-state index contributed by atoms with van der Waals surface area (Å²) in [6.07, 6.45) is 6.76. The SMILES string of the molecule is CCCCCCOc1cccc(C2(C)Nc3ccccc3C(=O)N2CCCC)c1. The maximum absolute atomic E-state index is 13.3. The Morgan fingerprint density at radius 2 is 1.76 bits per heavy atom. The van der Waals surface area contributed by atoms with Gasteiger partial charge in [-0.3, -0.25) is 4.79 Å². The number of para-hydroxylation sites is 1. The highest BCUT2D eigenvalue weighted by Crippen LogP contribution is 2.38. The lowest BCUT2D eigenvalue weighted by Gasteiger charge is -2.47. The van der Waals surface area contributed by atoms with Gasteiger partial charge in [0.2, 0.25) is 0 Å². The maximum atomic E-state index is 13.3. The van der Waals surface area contributed by atoms with Gasteiger partial charge in [-0.1, -0.05) is 63.8 Å². The first-order chi connectivity index (χ1) is 14.1. The first kappa shape index (κ1) is 21.2. The fourth-order valence-corrected chi connectivity index (χ4v) is 3.93. The summed E-state index contributed by atoms with van der Waals surface area (Å²) in [6, 6.07) is 16.0. The minimum atomic E-state index is -0.609. The molecule has 0 radical (unpaired) electrons. The highest BCUT2D eigenvalue weighted by Gasteiger charge is 2.42. The largest absolute Gasteiger partial charge is 0.494 e. The summed E-state index contributed by atoms with van der Waals surface area (Å²) in [7, 11) is 0. The topological polar surface area (TPSA) is 41.6 Å². The van der Waals surface area contributed by atoms with Crippen molar-refractivity contribution < 1.29 is 9.53 Å². The standard InChI is InChI=1S/C25H34N2O2/c1-4-6-8-11-18-29-21-14-12-13-20(19-21)25(3)26-23-16-10-9-15-22(23)24(28)27(25)17-7-5-2/h9-10,12-16,19,26H,4-8,11,17-18H2,1-3H3. The van der Waals surface area contributed by atoms with E-state index in [9.17, 15) is 4.79 Å². The fraction of sp³-hybridized carbons (Fsp3) is 0.480. The van der Waals surface area contributed by atoms with Gasteiger partial charge in [0, 0.05) is 17.8 Å². The third-order valence-corrected chi connectivity index (χ3v) is 5.72. The van der Waals surface area contributed by atoms with Crippen molar-refractivity contribution in [2.24, 2.45) is 0 Å². The molecule has 0 saturated carbocycles. The lowest BCUT2D eigenvalue weighted by molar-refractivity contribution is 0.0530. The van der Waals surface area contributed by atoms with Crippen LogP contribution in [0.2, 0.25) is 0 Å². The highest BCUT2D eigenvalue weighted by molar-refractivity contribution is 6.02. The van der Waals surface area contributed by atoms with Gasteiger partial charge in [0.15, 0.2) is 0 Å². The Kier molecular flexibility index (Phi) is 7.18. The van der Waals surface area contributed by atoms with Crippen LogP contribution in [0.1, 0.15) is 75.2 Å². The van der Waals surface area contributed by atoms with Crippen LogP contribution in [0.4, 0.5) is 5.69 Å². The normalized spacial score (nSPS) is 18.3. The van der Waals surface area contributed by atoms with Crippen molar-refractivity contribution in [2.45, 2.75) is 65.0 Å². The van der Waals surface area contributed by atoms with E-state index in [4.69, 9.17) is 4.74 Å². The molecule has 1 aliphatic rings. The minimum absolute atomic E-state index is 0.0844. The quantitative estimate of drug-likeness (QED) is 0.489. The van der Waals surface area contributed by atoms with Gasteiger partial charge in [0.05, 0.1) is 12.2 Å². The number of carbonyl (C=O) groups excluding carboxylic acids is 1. The number of ether oxygens (including phenoxy) is 1. The Morgan fingerprint density at radius 1 is 0.966 bits per heavy atom. The summed E-state index contributed by atoms with van der Waals surface area (Å²) >= 11 is 0. The number of benzene rings is 2. The Hall–Kier alpha value is -2.49. The number of rotatable bonds is 10. The zero-order chi connectivity index (χ0) is 20.7. The second-order valence-corrected chi connectivity index (χ2v) is 7.99. The Balaban J connectivity index is 1.86. The van der Waals surface area contributed by atoms with Crippen molar-refractivity contribution in [3.63, 3.8) is 0 Å². The number of anilines is 1. The maximum Gasteiger partial charge on any atom is 0.258 e. The van der Waals surface area contributed by atoms with Crippen LogP contribution in [0.3, 0.4) is 0 Å². The monoisotopic (exact) mass is 394 g/mol. The van der Waals surface area contributed by atoms with Crippen molar-refractivity contribution in [2.75, 3.05) is 18.5 Å². The van der Waals surface area contributed by atoms with Gasteiger partial charge in [-0.25, -0.2) is 0 Å². The number of amides is 1. The molecule has 1 amide bonds. The summed E-state index contributed by atoms with van der Waals surface area (Å²) in [6.45, 7) is 7.91. The number of unbranched alkanes of at least 4 members (excludes halogenated alkanes) is 4. The molecule has 1 heterocycles. The molecule has 2 aromatic rings. The molecule has 0 aliphatic carbocycles. The van der Waals surface area contributed by atoms with E-state index in [0.29, 0.717) is 0 Å². The van der Waals surface area contributed by atoms with Crippen LogP contribution in [0.15, 0.2) is 48.5 Å². The molecular formula is C25H34N2O2. The average Bonchev–Trinajstić information content (AvgIpc) is 2.74. The second kappa shape index (κ2) is 9.82. The predicted octanol–water partition coefficient (Wildman–Crippen LogP) is 6.19. The average molecular weight is 395 g/mol. The van der Waals surface area contributed by atoms with Crippen LogP contribution in [-0.2, 0) is 5.66 Å². The molecule has 29 heavy (non-hydrogen) atoms. The van der Waals surface area contributed by atoms with Crippen molar-refractivity contribution in [3.05, 3.63) is 59.7 Å². The van der Waals surface area contributed by atoms with E-state index >= 15 is 0 Å². The molecule has 1 N–H and O–H groups in total. The van der Waals surface area contributed by atoms with Gasteiger partial charge in [-0.2, -0.15) is 0 Å². The number of nitrogens with one attached hydrogen (secondary N) is 1. The second-order valence-electron chi connectivity index (χ2n) is 7.99. The van der Waals surface area contributed by atoms with Gasteiger partial charge in [0.25, 0.3) is 5.91 Å². The van der Waals surface area contributed by atoms with Gasteiger partial charge in [-0.15, -0.1) is 0 Å². The molecule has 2 aromatic carbocycles. The molecule has 1 aliphatic heterocycles. The summed E-state index contributed by atoms with van der Waals surface area (Å²) in [5, 5.41) is 3.64. The first-order valence-corrected chi connectivity index (χ1v) is 11.0. The van der Waals surface area contributed by atoms with Gasteiger partial charge in [-0.05, 0) is 44.0 Å². The zero-order valence-electron chi connectivity index (χ0n) is 18.0. The number of carbonyl (C=O) groups is 1. The van der Waals surface area contributed by atoms with Crippen molar-refractivity contribution in [1.29, 1.82) is 0 Å². The molecule has 1 unspecified atom stereocenters. The van der Waals surface area contributed by atoms with Crippen LogP contribution in [-0.4, -0.2) is 24.0 Å². The van der Waals surface area contributed by atoms with E-state index in [-0.39, 0.29) is 5.91 Å². The third-order valence-electron chi connectivity index (χ3n) is 5.72. The van der Waals surface area contributed by atoms with Gasteiger partial charge < -0.3 is 15.0 Å². The number of nitrogens with zero attached hydrogens (tertiary/aromatic N) is 1. The van der Waals surface area contributed by atoms with Crippen molar-refractivity contribution in [1.82, 2.24) is 4.90 Å². The summed E-state index contributed by atoms with van der Waals surface area (Å²) in [5.41, 5.74) is 2.06. The molecular weight excluding hydrogens is 360 g/mol. The Bertz CT molecular complexity index is 820. The highest BCUT2D eigenvalue weighted by atomic mass is 16.5. The van der Waals surface area contributed by atoms with Crippen LogP contribution < -0.4 is 10.1 Å². The summed E-state index contributed by atoms with van der Waals surface area (Å²) in [5.74, 6) is 0.949. The van der Waals surface area contributed by atoms with E-state index in [2.05, 4.69) is 38.2 Å². The smallest absolute Gasteiger partial charge is 0.258 e. The molecule has 0 aromatic heterocycles. The van der Waals surface area contributed by atoms with Crippen LogP contribution in [0.25, 0.3) is 0 Å². The van der Waals surface area contributed by atoms with E-state index in [1.807, 2.05) is 41.3 Å². The summed E-state index contributed by atoms with van der Waals surface area (Å²) < 4.78 is 6.01. The van der Waals surface area contributed by atoms with E-state index < -0.39 is 5.66 Å². The minimum Gasteiger partial charge on any atom is -0.494 e. The van der Waals surface area contributed by atoms with E-state index in [1.54, 1.807) is 0 Å². The lowest BCUT2D eigenvalue weighted by Crippen LogP contribution is -2.56. The molecule has 1 atom stereocenters. The molecule has 0 fully saturated rings. The molecule has 0 bridgehead atoms.